The highest BCUT2D eigenvalue weighted by Crippen LogP contribution is 2.35. The highest BCUT2D eigenvalue weighted by molar-refractivity contribution is 5.44. The quantitative estimate of drug-likeness (QED) is 0.707. The van der Waals surface area contributed by atoms with E-state index in [9.17, 15) is 5.11 Å². The second kappa shape index (κ2) is 3.53. The van der Waals surface area contributed by atoms with Gasteiger partial charge in [-0.05, 0) is 29.0 Å². The molecule has 82 valence electrons. The van der Waals surface area contributed by atoms with Gasteiger partial charge in [0.15, 0.2) is 6.29 Å². The largest absolute Gasteiger partial charge is 0.465 e. The molecule has 1 heterocycles. The first-order valence-electron chi connectivity index (χ1n) is 5.45. The van der Waals surface area contributed by atoms with Crippen LogP contribution in [0.1, 0.15) is 38.3 Å². The number of benzene rings is 1. The van der Waals surface area contributed by atoms with E-state index < -0.39 is 6.29 Å². The fourth-order valence-electron chi connectivity index (χ4n) is 2.11. The molecule has 1 aromatic rings. The lowest BCUT2D eigenvalue weighted by atomic mass is 9.82. The third kappa shape index (κ3) is 2.00. The van der Waals surface area contributed by atoms with Crippen LogP contribution in [0.2, 0.25) is 0 Å². The minimum atomic E-state index is -0.632. The number of rotatable bonds is 0. The highest BCUT2D eigenvalue weighted by atomic mass is 16.6. The van der Waals surface area contributed by atoms with E-state index >= 15 is 0 Å². The van der Waals surface area contributed by atoms with Gasteiger partial charge in [-0.2, -0.15) is 0 Å². The van der Waals surface area contributed by atoms with Crippen LogP contribution in [0.25, 0.3) is 0 Å². The lowest BCUT2D eigenvalue weighted by Gasteiger charge is -2.29. The second-order valence-corrected chi connectivity index (χ2v) is 5.14. The Morgan fingerprint density at radius 3 is 2.73 bits per heavy atom. The molecule has 2 nitrogen and oxygen atoms in total. The molecule has 0 aliphatic carbocycles. The fraction of sp³-hybridized carbons (Fsp3) is 0.538. The lowest BCUT2D eigenvalue weighted by molar-refractivity contribution is -0.0319. The number of hydrogen-bond acceptors (Lipinski definition) is 2. The number of ether oxygens (including phenoxy) is 1. The third-order valence-corrected chi connectivity index (χ3v) is 2.85. The van der Waals surface area contributed by atoms with E-state index in [-0.39, 0.29) is 5.41 Å². The fourth-order valence-corrected chi connectivity index (χ4v) is 2.11. The SMILES string of the molecule is CC(C)(C)c1cccc2c1CCC(O)O2. The maximum Gasteiger partial charge on any atom is 0.197 e. The van der Waals surface area contributed by atoms with Crippen LogP contribution < -0.4 is 4.74 Å². The summed E-state index contributed by atoms with van der Waals surface area (Å²) in [5.41, 5.74) is 2.72. The second-order valence-electron chi connectivity index (χ2n) is 5.14. The van der Waals surface area contributed by atoms with Gasteiger partial charge in [-0.3, -0.25) is 0 Å². The summed E-state index contributed by atoms with van der Waals surface area (Å²) in [7, 11) is 0. The first kappa shape index (κ1) is 10.5. The van der Waals surface area contributed by atoms with Crippen LogP contribution in [-0.4, -0.2) is 11.4 Å². The van der Waals surface area contributed by atoms with Gasteiger partial charge in [0.2, 0.25) is 0 Å². The van der Waals surface area contributed by atoms with Crippen molar-refractivity contribution in [2.75, 3.05) is 0 Å². The molecule has 1 unspecified atom stereocenters. The van der Waals surface area contributed by atoms with Crippen molar-refractivity contribution in [2.45, 2.75) is 45.3 Å². The van der Waals surface area contributed by atoms with Crippen LogP contribution in [0.5, 0.6) is 5.75 Å². The molecule has 1 aliphatic heterocycles. The van der Waals surface area contributed by atoms with Gasteiger partial charge in [0, 0.05) is 6.42 Å². The Hall–Kier alpha value is -1.02. The Labute approximate surface area is 90.9 Å². The van der Waals surface area contributed by atoms with Crippen LogP contribution in [-0.2, 0) is 11.8 Å². The standard InChI is InChI=1S/C13H18O2/c1-13(2,3)10-5-4-6-11-9(10)7-8-12(14)15-11/h4-6,12,14H,7-8H2,1-3H3. The molecule has 2 heteroatoms. The molecule has 1 atom stereocenters. The van der Waals surface area contributed by atoms with Crippen molar-refractivity contribution in [3.05, 3.63) is 29.3 Å². The van der Waals surface area contributed by atoms with Gasteiger partial charge in [-0.1, -0.05) is 32.9 Å². The average Bonchev–Trinajstić information content (AvgIpc) is 2.15. The Morgan fingerprint density at radius 2 is 2.07 bits per heavy atom. The summed E-state index contributed by atoms with van der Waals surface area (Å²) in [5.74, 6) is 0.848. The van der Waals surface area contributed by atoms with Gasteiger partial charge >= 0.3 is 0 Å². The molecule has 0 spiro atoms. The van der Waals surface area contributed by atoms with E-state index in [1.807, 2.05) is 12.1 Å². The van der Waals surface area contributed by atoms with Gasteiger partial charge in [0.1, 0.15) is 5.75 Å². The molecule has 0 amide bonds. The monoisotopic (exact) mass is 206 g/mol. The molecule has 0 radical (unpaired) electrons. The number of hydrogen-bond donors (Lipinski definition) is 1. The molecule has 0 fully saturated rings. The van der Waals surface area contributed by atoms with Crippen LogP contribution in [0.4, 0.5) is 0 Å². The zero-order chi connectivity index (χ0) is 11.1. The Balaban J connectivity index is 2.47. The molecule has 1 N–H and O–H groups in total. The van der Waals surface area contributed by atoms with Crippen molar-refractivity contribution in [1.29, 1.82) is 0 Å². The Bertz CT molecular complexity index is 363. The summed E-state index contributed by atoms with van der Waals surface area (Å²) in [6, 6.07) is 6.09. The molecule has 1 aliphatic rings. The van der Waals surface area contributed by atoms with Crippen LogP contribution in [0.15, 0.2) is 18.2 Å². The van der Waals surface area contributed by atoms with Crippen molar-refractivity contribution < 1.29 is 9.84 Å². The first-order chi connectivity index (χ1) is 6.98. The minimum absolute atomic E-state index is 0.136. The smallest absolute Gasteiger partial charge is 0.197 e. The van der Waals surface area contributed by atoms with Gasteiger partial charge in [-0.15, -0.1) is 0 Å². The number of fused-ring (bicyclic) bond motifs is 1. The van der Waals surface area contributed by atoms with Crippen molar-refractivity contribution in [3.8, 4) is 5.75 Å². The number of aliphatic hydroxyl groups excluding tert-OH is 1. The normalized spacial score (nSPS) is 20.7. The molecular formula is C13H18O2. The zero-order valence-electron chi connectivity index (χ0n) is 9.58. The van der Waals surface area contributed by atoms with Crippen LogP contribution in [0.3, 0.4) is 0 Å². The van der Waals surface area contributed by atoms with Crippen molar-refractivity contribution in [2.24, 2.45) is 0 Å². The first-order valence-corrected chi connectivity index (χ1v) is 5.45. The van der Waals surface area contributed by atoms with Crippen molar-refractivity contribution in [1.82, 2.24) is 0 Å². The van der Waals surface area contributed by atoms with Crippen molar-refractivity contribution >= 4 is 0 Å². The lowest BCUT2D eigenvalue weighted by Crippen LogP contribution is -2.25. The molecule has 15 heavy (non-hydrogen) atoms. The Morgan fingerprint density at radius 1 is 1.33 bits per heavy atom. The van der Waals surface area contributed by atoms with E-state index in [0.29, 0.717) is 6.42 Å². The summed E-state index contributed by atoms with van der Waals surface area (Å²) in [5, 5.41) is 9.43. The number of aliphatic hydroxyl groups is 1. The molecule has 1 aromatic carbocycles. The van der Waals surface area contributed by atoms with Crippen LogP contribution in [0, 0.1) is 0 Å². The van der Waals surface area contributed by atoms with Gasteiger partial charge in [-0.25, -0.2) is 0 Å². The maximum absolute atomic E-state index is 9.43. The van der Waals surface area contributed by atoms with E-state index in [1.54, 1.807) is 0 Å². The summed E-state index contributed by atoms with van der Waals surface area (Å²) in [6.07, 6.45) is 0.969. The molecule has 0 bridgehead atoms. The summed E-state index contributed by atoms with van der Waals surface area (Å²) < 4.78 is 5.42. The average molecular weight is 206 g/mol. The topological polar surface area (TPSA) is 29.5 Å². The summed E-state index contributed by atoms with van der Waals surface area (Å²) >= 11 is 0. The predicted molar refractivity (Wildman–Crippen MR) is 60.1 cm³/mol. The van der Waals surface area contributed by atoms with Gasteiger partial charge in [0.25, 0.3) is 0 Å². The van der Waals surface area contributed by atoms with E-state index in [4.69, 9.17) is 4.74 Å². The maximum atomic E-state index is 9.43. The highest BCUT2D eigenvalue weighted by Gasteiger charge is 2.24. The van der Waals surface area contributed by atoms with Gasteiger partial charge in [0.05, 0.1) is 0 Å². The van der Waals surface area contributed by atoms with Crippen molar-refractivity contribution in [3.63, 3.8) is 0 Å². The van der Waals surface area contributed by atoms with E-state index in [0.717, 1.165) is 12.2 Å². The molecular weight excluding hydrogens is 188 g/mol. The van der Waals surface area contributed by atoms with Gasteiger partial charge < -0.3 is 9.84 Å². The Kier molecular flexibility index (Phi) is 2.47. The summed E-state index contributed by atoms with van der Waals surface area (Å²) in [6.45, 7) is 6.61. The molecule has 2 rings (SSSR count). The van der Waals surface area contributed by atoms with E-state index in [1.165, 1.54) is 11.1 Å². The molecule has 0 saturated heterocycles. The van der Waals surface area contributed by atoms with E-state index in [2.05, 4.69) is 26.8 Å². The zero-order valence-corrected chi connectivity index (χ0v) is 9.58. The molecule has 0 aromatic heterocycles. The third-order valence-electron chi connectivity index (χ3n) is 2.85. The minimum Gasteiger partial charge on any atom is -0.465 e. The predicted octanol–water partition coefficient (Wildman–Crippen LogP) is 2.63. The molecule has 0 saturated carbocycles. The van der Waals surface area contributed by atoms with Crippen LogP contribution >= 0.6 is 0 Å². The summed E-state index contributed by atoms with van der Waals surface area (Å²) in [4.78, 5) is 0.